The Morgan fingerprint density at radius 1 is 1.07 bits per heavy atom. The summed E-state index contributed by atoms with van der Waals surface area (Å²) in [4.78, 5) is 9.74. The zero-order valence-electron chi connectivity index (χ0n) is 17.1. The third-order valence-electron chi connectivity index (χ3n) is 8.82. The second-order valence-corrected chi connectivity index (χ2v) is 9.98. The number of hydrogen-bond donors (Lipinski definition) is 1. The van der Waals surface area contributed by atoms with Gasteiger partial charge in [0.2, 0.25) is 5.88 Å². The van der Waals surface area contributed by atoms with Gasteiger partial charge in [0.15, 0.2) is 0 Å². The number of fused-ring (bicyclic) bond motifs is 5. The van der Waals surface area contributed by atoms with Gasteiger partial charge in [0.25, 0.3) is 0 Å². The average Bonchev–Trinajstić information content (AvgIpc) is 3.02. The number of aliphatic hydroxyl groups is 1. The third-order valence-corrected chi connectivity index (χ3v) is 8.82. The van der Waals surface area contributed by atoms with E-state index in [1.165, 1.54) is 32.1 Å². The summed E-state index contributed by atoms with van der Waals surface area (Å²) in [5.41, 5.74) is 3.08. The molecule has 1 heterocycles. The van der Waals surface area contributed by atoms with Crippen molar-refractivity contribution in [2.45, 2.75) is 71.3 Å². The Balaban J connectivity index is 1.37. The topological polar surface area (TPSA) is 54.7 Å². The van der Waals surface area contributed by atoms with Crippen LogP contribution in [0.1, 0.15) is 65.2 Å². The standard InChI is InChI=1S/C24H32N2O2/c1-23-12-10-17(26-28-22-5-3-4-14-25-22)15-16(23)6-7-18-19-8-9-21(27)24(19,2)13-11-20(18)23/h3-5,14-15,18-21,27H,6-13H2,1-2H3/b26-17-/t18-,19-,20-,21-,23-,24-/m0/s1. The van der Waals surface area contributed by atoms with Crippen LogP contribution in [0, 0.1) is 28.6 Å². The molecule has 3 fully saturated rings. The predicted molar refractivity (Wildman–Crippen MR) is 110 cm³/mol. The first-order chi connectivity index (χ1) is 13.5. The van der Waals surface area contributed by atoms with Crippen LogP contribution in [0.3, 0.4) is 0 Å². The summed E-state index contributed by atoms with van der Waals surface area (Å²) in [6.07, 6.45) is 13.2. The molecule has 0 amide bonds. The minimum Gasteiger partial charge on any atom is -0.393 e. The van der Waals surface area contributed by atoms with Crippen LogP contribution in [0.4, 0.5) is 0 Å². The lowest BCUT2D eigenvalue weighted by Gasteiger charge is -2.57. The molecule has 1 N–H and O–H groups in total. The highest BCUT2D eigenvalue weighted by Crippen LogP contribution is 2.65. The normalized spacial score (nSPS) is 43.7. The Bertz CT molecular complexity index is 804. The van der Waals surface area contributed by atoms with Crippen LogP contribution >= 0.6 is 0 Å². The van der Waals surface area contributed by atoms with Crippen LogP contribution in [0.25, 0.3) is 0 Å². The lowest BCUT2D eigenvalue weighted by Crippen LogP contribution is -2.51. The van der Waals surface area contributed by atoms with Crippen LogP contribution in [0.15, 0.2) is 41.2 Å². The van der Waals surface area contributed by atoms with Crippen molar-refractivity contribution in [1.82, 2.24) is 4.98 Å². The smallest absolute Gasteiger partial charge is 0.248 e. The van der Waals surface area contributed by atoms with E-state index in [4.69, 9.17) is 4.84 Å². The van der Waals surface area contributed by atoms with Crippen LogP contribution in [-0.2, 0) is 0 Å². The molecular formula is C24H32N2O2. The molecule has 0 saturated heterocycles. The number of rotatable bonds is 2. The fraction of sp³-hybridized carbons (Fsp3) is 0.667. The summed E-state index contributed by atoms with van der Waals surface area (Å²) in [5, 5.41) is 15.0. The van der Waals surface area contributed by atoms with Gasteiger partial charge in [-0.3, -0.25) is 0 Å². The van der Waals surface area contributed by atoms with E-state index < -0.39 is 0 Å². The highest BCUT2D eigenvalue weighted by molar-refractivity contribution is 5.96. The Kier molecular flexibility index (Phi) is 4.38. The first-order valence-electron chi connectivity index (χ1n) is 11.0. The van der Waals surface area contributed by atoms with Crippen molar-refractivity contribution in [3.8, 4) is 5.88 Å². The zero-order valence-corrected chi connectivity index (χ0v) is 17.1. The largest absolute Gasteiger partial charge is 0.393 e. The van der Waals surface area contributed by atoms with E-state index >= 15 is 0 Å². The maximum Gasteiger partial charge on any atom is 0.248 e. The molecule has 0 bridgehead atoms. The molecule has 0 aromatic carbocycles. The van der Waals surface area contributed by atoms with Crippen LogP contribution in [0.5, 0.6) is 5.88 Å². The number of hydrogen-bond acceptors (Lipinski definition) is 4. The molecule has 28 heavy (non-hydrogen) atoms. The van der Waals surface area contributed by atoms with E-state index in [9.17, 15) is 5.11 Å². The lowest BCUT2D eigenvalue weighted by atomic mass is 9.47. The van der Waals surface area contributed by atoms with Gasteiger partial charge in [-0.15, -0.1) is 0 Å². The second-order valence-electron chi connectivity index (χ2n) is 9.98. The number of pyridine rings is 1. The molecule has 150 valence electrons. The van der Waals surface area contributed by atoms with Crippen LogP contribution in [0.2, 0.25) is 0 Å². The van der Waals surface area contributed by atoms with Gasteiger partial charge in [-0.1, -0.05) is 30.6 Å². The van der Waals surface area contributed by atoms with Crippen molar-refractivity contribution < 1.29 is 9.94 Å². The SMILES string of the molecule is C[C@]12CC[C@H]3[C@@H](CCC4=C/C(=N\Oc5ccccn5)CC[C@@]43C)[C@@H]1CC[C@@H]2O. The quantitative estimate of drug-likeness (QED) is 0.723. The fourth-order valence-corrected chi connectivity index (χ4v) is 7.12. The van der Waals surface area contributed by atoms with Gasteiger partial charge >= 0.3 is 0 Å². The number of aliphatic hydroxyl groups excluding tert-OH is 1. The van der Waals surface area contributed by atoms with Crippen molar-refractivity contribution in [2.75, 3.05) is 0 Å². The van der Waals surface area contributed by atoms with Crippen molar-refractivity contribution in [3.63, 3.8) is 0 Å². The Hall–Kier alpha value is -1.68. The van der Waals surface area contributed by atoms with E-state index in [1.54, 1.807) is 11.8 Å². The molecule has 0 radical (unpaired) electrons. The van der Waals surface area contributed by atoms with Crippen molar-refractivity contribution in [1.29, 1.82) is 0 Å². The van der Waals surface area contributed by atoms with Gasteiger partial charge in [0.1, 0.15) is 0 Å². The maximum atomic E-state index is 10.6. The van der Waals surface area contributed by atoms with E-state index in [2.05, 4.69) is 30.1 Å². The van der Waals surface area contributed by atoms with Gasteiger partial charge in [0.05, 0.1) is 11.8 Å². The van der Waals surface area contributed by atoms with Gasteiger partial charge in [-0.2, -0.15) is 0 Å². The summed E-state index contributed by atoms with van der Waals surface area (Å²) in [5.74, 6) is 2.80. The monoisotopic (exact) mass is 380 g/mol. The van der Waals surface area contributed by atoms with Gasteiger partial charge < -0.3 is 9.94 Å². The molecule has 4 aliphatic carbocycles. The molecule has 1 aromatic rings. The average molecular weight is 381 g/mol. The van der Waals surface area contributed by atoms with Crippen molar-refractivity contribution >= 4 is 5.71 Å². The Morgan fingerprint density at radius 3 is 2.79 bits per heavy atom. The van der Waals surface area contributed by atoms with Crippen molar-refractivity contribution in [3.05, 3.63) is 36.0 Å². The van der Waals surface area contributed by atoms with E-state index in [-0.39, 0.29) is 11.5 Å². The zero-order chi connectivity index (χ0) is 19.4. The predicted octanol–water partition coefficient (Wildman–Crippen LogP) is 5.14. The molecule has 6 atom stereocenters. The minimum atomic E-state index is -0.0861. The molecule has 1 aromatic heterocycles. The number of aromatic nitrogens is 1. The molecule has 0 spiro atoms. The number of allylic oxidation sites excluding steroid dienone is 2. The first kappa shape index (κ1) is 18.4. The summed E-state index contributed by atoms with van der Waals surface area (Å²) in [6, 6.07) is 5.63. The highest BCUT2D eigenvalue weighted by atomic mass is 16.6. The van der Waals surface area contributed by atoms with Crippen molar-refractivity contribution in [2.24, 2.45) is 33.7 Å². The van der Waals surface area contributed by atoms with Gasteiger partial charge in [-0.25, -0.2) is 4.98 Å². The fourth-order valence-electron chi connectivity index (χ4n) is 7.12. The molecule has 3 saturated carbocycles. The molecule has 5 rings (SSSR count). The van der Waals surface area contributed by atoms with E-state index in [1.807, 2.05) is 18.2 Å². The Morgan fingerprint density at radius 2 is 1.96 bits per heavy atom. The number of oxime groups is 1. The number of nitrogens with zero attached hydrogens (tertiary/aromatic N) is 2. The first-order valence-corrected chi connectivity index (χ1v) is 11.0. The summed E-state index contributed by atoms with van der Waals surface area (Å²) in [6.45, 7) is 4.86. The van der Waals surface area contributed by atoms with E-state index in [0.717, 1.165) is 36.8 Å². The van der Waals surface area contributed by atoms with Crippen LogP contribution < -0.4 is 4.84 Å². The molecule has 4 aliphatic rings. The van der Waals surface area contributed by atoms with Gasteiger partial charge in [-0.05, 0) is 92.1 Å². The molecule has 4 nitrogen and oxygen atoms in total. The Labute approximate surface area is 168 Å². The summed E-state index contributed by atoms with van der Waals surface area (Å²) in [7, 11) is 0. The molecule has 0 unspecified atom stereocenters. The maximum absolute atomic E-state index is 10.6. The molecular weight excluding hydrogens is 348 g/mol. The minimum absolute atomic E-state index is 0.0861. The third kappa shape index (κ3) is 2.75. The van der Waals surface area contributed by atoms with E-state index in [0.29, 0.717) is 17.2 Å². The summed E-state index contributed by atoms with van der Waals surface area (Å²) >= 11 is 0. The highest BCUT2D eigenvalue weighted by Gasteiger charge is 2.58. The lowest BCUT2D eigenvalue weighted by molar-refractivity contribution is -0.0722. The summed E-state index contributed by atoms with van der Waals surface area (Å²) < 4.78 is 0. The van der Waals surface area contributed by atoms with Gasteiger partial charge in [0, 0.05) is 12.3 Å². The second kappa shape index (κ2) is 6.69. The molecule has 4 heteroatoms. The molecule has 0 aliphatic heterocycles. The van der Waals surface area contributed by atoms with Crippen LogP contribution in [-0.4, -0.2) is 21.9 Å².